The second kappa shape index (κ2) is 9.35. The predicted molar refractivity (Wildman–Crippen MR) is 117 cm³/mol. The van der Waals surface area contributed by atoms with Crippen LogP contribution in [0.5, 0.6) is 17.2 Å². The molecule has 0 bridgehead atoms. The van der Waals surface area contributed by atoms with Gasteiger partial charge in [0.1, 0.15) is 5.82 Å². The minimum Gasteiger partial charge on any atom is -0.493 e. The first-order valence-corrected chi connectivity index (χ1v) is 9.70. The maximum atomic E-state index is 12.6. The van der Waals surface area contributed by atoms with Gasteiger partial charge in [0.25, 0.3) is 0 Å². The first-order valence-electron chi connectivity index (χ1n) is 9.70. The summed E-state index contributed by atoms with van der Waals surface area (Å²) < 4.78 is 16.0. The molecular weight excluding hydrogens is 382 g/mol. The maximum Gasteiger partial charge on any atom is 0.244 e. The average molecular weight is 409 g/mol. The normalized spacial score (nSPS) is 12.3. The van der Waals surface area contributed by atoms with Gasteiger partial charge in [-0.1, -0.05) is 26.0 Å². The van der Waals surface area contributed by atoms with Crippen LogP contribution in [0, 0.1) is 5.92 Å². The summed E-state index contributed by atoms with van der Waals surface area (Å²) in [5.41, 5.74) is 2.57. The van der Waals surface area contributed by atoms with E-state index < -0.39 is 0 Å². The van der Waals surface area contributed by atoms with E-state index in [9.17, 15) is 4.79 Å². The molecule has 3 aromatic rings. The van der Waals surface area contributed by atoms with E-state index in [1.807, 2.05) is 38.1 Å². The van der Waals surface area contributed by atoms with Crippen LogP contribution in [-0.2, 0) is 4.79 Å². The molecule has 30 heavy (non-hydrogen) atoms. The van der Waals surface area contributed by atoms with E-state index in [2.05, 4.69) is 15.3 Å². The lowest BCUT2D eigenvalue weighted by molar-refractivity contribution is -0.117. The maximum absolute atomic E-state index is 12.6. The third-order valence-electron chi connectivity index (χ3n) is 4.78. The monoisotopic (exact) mass is 409 g/mol. The van der Waals surface area contributed by atoms with Crippen molar-refractivity contribution in [2.24, 2.45) is 5.92 Å². The molecule has 1 aromatic heterocycles. The lowest BCUT2D eigenvalue weighted by Crippen LogP contribution is -2.31. The molecule has 0 saturated heterocycles. The van der Waals surface area contributed by atoms with Crippen molar-refractivity contribution in [2.75, 3.05) is 21.3 Å². The fourth-order valence-corrected chi connectivity index (χ4v) is 3.24. The van der Waals surface area contributed by atoms with Crippen molar-refractivity contribution in [3.63, 3.8) is 0 Å². The van der Waals surface area contributed by atoms with Gasteiger partial charge in [-0.05, 0) is 41.8 Å². The van der Waals surface area contributed by atoms with Crippen LogP contribution in [0.1, 0.15) is 31.3 Å². The molecule has 1 unspecified atom stereocenters. The largest absolute Gasteiger partial charge is 0.493 e. The van der Waals surface area contributed by atoms with Gasteiger partial charge in [-0.3, -0.25) is 4.79 Å². The van der Waals surface area contributed by atoms with Crippen LogP contribution >= 0.6 is 0 Å². The number of rotatable bonds is 8. The van der Waals surface area contributed by atoms with E-state index in [0.29, 0.717) is 17.2 Å². The van der Waals surface area contributed by atoms with E-state index in [-0.39, 0.29) is 17.9 Å². The Morgan fingerprint density at radius 1 is 1.07 bits per heavy atom. The van der Waals surface area contributed by atoms with Gasteiger partial charge in [-0.15, -0.1) is 0 Å². The van der Waals surface area contributed by atoms with Crippen LogP contribution in [-0.4, -0.2) is 37.2 Å². The molecule has 0 radical (unpaired) electrons. The smallest absolute Gasteiger partial charge is 0.244 e. The number of carbonyl (C=O) groups excluding carboxylic acids is 1. The third-order valence-corrected chi connectivity index (χ3v) is 4.78. The first-order chi connectivity index (χ1) is 14.5. The number of aromatic amines is 1. The molecule has 1 heterocycles. The van der Waals surface area contributed by atoms with Crippen LogP contribution in [0.15, 0.2) is 42.5 Å². The number of fused-ring (bicyclic) bond motifs is 1. The highest BCUT2D eigenvalue weighted by molar-refractivity contribution is 5.92. The number of H-pyrrole nitrogens is 1. The number of ether oxygens (including phenoxy) is 3. The van der Waals surface area contributed by atoms with Crippen molar-refractivity contribution >= 4 is 23.0 Å². The molecule has 7 heteroatoms. The summed E-state index contributed by atoms with van der Waals surface area (Å²) in [6.07, 6.45) is 3.19. The number of imidazole rings is 1. The van der Waals surface area contributed by atoms with E-state index >= 15 is 0 Å². The minimum atomic E-state index is -0.241. The third kappa shape index (κ3) is 4.56. The summed E-state index contributed by atoms with van der Waals surface area (Å²) in [5.74, 6) is 2.23. The van der Waals surface area contributed by atoms with Gasteiger partial charge < -0.3 is 24.5 Å². The number of nitrogens with zero attached hydrogens (tertiary/aromatic N) is 1. The molecule has 0 aliphatic carbocycles. The Kier molecular flexibility index (Phi) is 6.61. The summed E-state index contributed by atoms with van der Waals surface area (Å²) in [5, 5.41) is 3.04. The van der Waals surface area contributed by atoms with Gasteiger partial charge in [0.2, 0.25) is 11.7 Å². The van der Waals surface area contributed by atoms with Gasteiger partial charge in [-0.2, -0.15) is 0 Å². The number of benzene rings is 2. The Labute approximate surface area is 176 Å². The van der Waals surface area contributed by atoms with Crippen LogP contribution in [0.2, 0.25) is 0 Å². The van der Waals surface area contributed by atoms with E-state index in [1.165, 1.54) is 6.08 Å². The zero-order valence-electron chi connectivity index (χ0n) is 17.9. The number of carbonyl (C=O) groups is 1. The Hall–Kier alpha value is -3.48. The molecule has 158 valence electrons. The molecule has 0 aliphatic rings. The second-order valence-corrected chi connectivity index (χ2v) is 7.16. The molecule has 7 nitrogen and oxygen atoms in total. The molecule has 0 fully saturated rings. The first kappa shape index (κ1) is 21.2. The number of aromatic nitrogens is 2. The van der Waals surface area contributed by atoms with Crippen molar-refractivity contribution in [3.05, 3.63) is 53.9 Å². The lowest BCUT2D eigenvalue weighted by Gasteiger charge is -2.19. The number of methoxy groups -OCH3 is 3. The number of hydrogen-bond donors (Lipinski definition) is 2. The number of amides is 1. The highest BCUT2D eigenvalue weighted by atomic mass is 16.5. The zero-order valence-corrected chi connectivity index (χ0v) is 17.9. The minimum absolute atomic E-state index is 0.157. The number of hydrogen-bond acceptors (Lipinski definition) is 5. The second-order valence-electron chi connectivity index (χ2n) is 7.16. The quantitative estimate of drug-likeness (QED) is 0.547. The van der Waals surface area contributed by atoms with Gasteiger partial charge in [0.05, 0.1) is 38.4 Å². The Morgan fingerprint density at radius 3 is 2.30 bits per heavy atom. The highest BCUT2D eigenvalue weighted by Crippen LogP contribution is 2.38. The fraction of sp³-hybridized carbons (Fsp3) is 0.304. The molecule has 0 spiro atoms. The topological polar surface area (TPSA) is 85.5 Å². The summed E-state index contributed by atoms with van der Waals surface area (Å²) >= 11 is 0. The summed E-state index contributed by atoms with van der Waals surface area (Å²) in [6, 6.07) is 11.1. The molecule has 1 atom stereocenters. The Bertz CT molecular complexity index is 998. The van der Waals surface area contributed by atoms with Gasteiger partial charge in [0.15, 0.2) is 11.5 Å². The number of nitrogens with one attached hydrogen (secondary N) is 2. The van der Waals surface area contributed by atoms with Crippen molar-refractivity contribution < 1.29 is 19.0 Å². The van der Waals surface area contributed by atoms with Gasteiger partial charge in [0, 0.05) is 6.08 Å². The molecule has 3 rings (SSSR count). The van der Waals surface area contributed by atoms with E-state index in [4.69, 9.17) is 14.2 Å². The molecule has 0 aliphatic heterocycles. The SMILES string of the molecule is COc1cc(/C=C/C(=O)NC(c2nc3ccccc3[nH]2)C(C)C)cc(OC)c1OC. The van der Waals surface area contributed by atoms with Crippen LogP contribution in [0.25, 0.3) is 17.1 Å². The average Bonchev–Trinajstić information content (AvgIpc) is 3.18. The summed E-state index contributed by atoms with van der Waals surface area (Å²) in [6.45, 7) is 4.09. The summed E-state index contributed by atoms with van der Waals surface area (Å²) in [7, 11) is 4.66. The van der Waals surface area contributed by atoms with Crippen LogP contribution in [0.4, 0.5) is 0 Å². The van der Waals surface area contributed by atoms with Crippen LogP contribution in [0.3, 0.4) is 0 Å². The highest BCUT2D eigenvalue weighted by Gasteiger charge is 2.21. The fourth-order valence-electron chi connectivity index (χ4n) is 3.24. The standard InChI is InChI=1S/C23H27N3O4/c1-14(2)21(23-24-16-8-6-7-9-17(16)25-23)26-20(27)11-10-15-12-18(28-3)22(30-5)19(13-15)29-4/h6-14,21H,1-5H3,(H,24,25)(H,26,27)/b11-10+. The van der Waals surface area contributed by atoms with Gasteiger partial charge in [-0.25, -0.2) is 4.98 Å². The van der Waals surface area contributed by atoms with Crippen molar-refractivity contribution in [1.82, 2.24) is 15.3 Å². The molecule has 2 aromatic carbocycles. The van der Waals surface area contributed by atoms with E-state index in [0.717, 1.165) is 22.4 Å². The molecule has 0 saturated carbocycles. The van der Waals surface area contributed by atoms with E-state index in [1.54, 1.807) is 39.5 Å². The lowest BCUT2D eigenvalue weighted by atomic mass is 10.0. The van der Waals surface area contributed by atoms with Crippen molar-refractivity contribution in [1.29, 1.82) is 0 Å². The Balaban J connectivity index is 1.79. The molecular formula is C23H27N3O4. The molecule has 1 amide bonds. The van der Waals surface area contributed by atoms with Crippen molar-refractivity contribution in [3.8, 4) is 17.2 Å². The molecule has 2 N–H and O–H groups in total. The zero-order chi connectivity index (χ0) is 21.7. The van der Waals surface area contributed by atoms with Crippen molar-refractivity contribution in [2.45, 2.75) is 19.9 Å². The van der Waals surface area contributed by atoms with Gasteiger partial charge >= 0.3 is 0 Å². The Morgan fingerprint density at radius 2 is 1.73 bits per heavy atom. The summed E-state index contributed by atoms with van der Waals surface area (Å²) in [4.78, 5) is 20.6. The predicted octanol–water partition coefficient (Wildman–Crippen LogP) is 4.12. The number of para-hydroxylation sites is 2. The van der Waals surface area contributed by atoms with Crippen LogP contribution < -0.4 is 19.5 Å².